The molecule has 0 spiro atoms. The van der Waals surface area contributed by atoms with Crippen molar-refractivity contribution >= 4 is 40.0 Å². The van der Waals surface area contributed by atoms with E-state index in [4.69, 9.17) is 23.2 Å². The molecule has 0 aliphatic carbocycles. The number of carbonyl (C=O) groups is 1. The van der Waals surface area contributed by atoms with E-state index in [1.54, 1.807) is 12.1 Å². The number of aromatic nitrogens is 3. The quantitative estimate of drug-likeness (QED) is 0.467. The normalized spacial score (nSPS) is 16.0. The molecule has 5 rings (SSSR count). The zero-order valence-electron chi connectivity index (χ0n) is 15.7. The maximum Gasteiger partial charge on any atom is 0.275 e. The van der Waals surface area contributed by atoms with Gasteiger partial charge in [0.2, 0.25) is 0 Å². The second-order valence-electron chi connectivity index (χ2n) is 7.29. The van der Waals surface area contributed by atoms with Gasteiger partial charge in [-0.2, -0.15) is 5.10 Å². The molecule has 5 nitrogen and oxygen atoms in total. The Morgan fingerprint density at radius 1 is 1.17 bits per heavy atom. The summed E-state index contributed by atoms with van der Waals surface area (Å²) >= 11 is 12.6. The summed E-state index contributed by atoms with van der Waals surface area (Å²) in [5.41, 5.74) is 5.36. The van der Waals surface area contributed by atoms with Crippen molar-refractivity contribution in [3.05, 3.63) is 86.8 Å². The average molecular weight is 425 g/mol. The van der Waals surface area contributed by atoms with Crippen LogP contribution in [-0.4, -0.2) is 32.5 Å². The number of hydrogen-bond acceptors (Lipinski definition) is 2. The predicted octanol–water partition coefficient (Wildman–Crippen LogP) is 5.29. The van der Waals surface area contributed by atoms with Gasteiger partial charge < -0.3 is 9.88 Å². The molecule has 0 bridgehead atoms. The highest BCUT2D eigenvalue weighted by atomic mass is 35.5. The van der Waals surface area contributed by atoms with E-state index in [9.17, 15) is 4.79 Å². The van der Waals surface area contributed by atoms with Gasteiger partial charge in [0, 0.05) is 44.9 Å². The maximum atomic E-state index is 13.2. The first kappa shape index (κ1) is 18.3. The minimum absolute atomic E-state index is 0.0831. The van der Waals surface area contributed by atoms with Crippen molar-refractivity contribution in [2.45, 2.75) is 19.4 Å². The summed E-state index contributed by atoms with van der Waals surface area (Å²) < 4.78 is 0. The van der Waals surface area contributed by atoms with E-state index >= 15 is 0 Å². The number of hydrogen-bond donors (Lipinski definition) is 2. The second-order valence-corrected chi connectivity index (χ2v) is 8.13. The first-order valence-corrected chi connectivity index (χ1v) is 10.2. The Morgan fingerprint density at radius 3 is 2.83 bits per heavy atom. The van der Waals surface area contributed by atoms with Gasteiger partial charge >= 0.3 is 0 Å². The Bertz CT molecular complexity index is 1240. The van der Waals surface area contributed by atoms with Gasteiger partial charge in [-0.25, -0.2) is 0 Å². The molecule has 29 heavy (non-hydrogen) atoms. The number of aromatic amines is 2. The van der Waals surface area contributed by atoms with Crippen LogP contribution >= 0.6 is 23.2 Å². The molecule has 7 heteroatoms. The fourth-order valence-electron chi connectivity index (χ4n) is 4.20. The molecular weight excluding hydrogens is 407 g/mol. The summed E-state index contributed by atoms with van der Waals surface area (Å²) in [6, 6.07) is 13.3. The van der Waals surface area contributed by atoms with Crippen molar-refractivity contribution in [1.82, 2.24) is 20.1 Å². The number of amides is 1. The van der Waals surface area contributed by atoms with Crippen molar-refractivity contribution in [2.75, 3.05) is 6.54 Å². The second kappa shape index (κ2) is 6.94. The van der Waals surface area contributed by atoms with E-state index in [2.05, 4.69) is 27.3 Å². The van der Waals surface area contributed by atoms with E-state index in [-0.39, 0.29) is 11.9 Å². The number of carbonyl (C=O) groups excluding carboxylic acids is 1. The molecule has 1 amide bonds. The zero-order valence-corrected chi connectivity index (χ0v) is 17.2. The van der Waals surface area contributed by atoms with E-state index in [0.29, 0.717) is 22.3 Å². The van der Waals surface area contributed by atoms with Gasteiger partial charge in [0.1, 0.15) is 0 Å². The van der Waals surface area contributed by atoms with Crippen LogP contribution in [0.5, 0.6) is 0 Å². The first-order valence-electron chi connectivity index (χ1n) is 9.40. The lowest BCUT2D eigenvalue weighted by atomic mass is 9.99. The van der Waals surface area contributed by atoms with E-state index < -0.39 is 0 Å². The van der Waals surface area contributed by atoms with Crippen molar-refractivity contribution in [1.29, 1.82) is 0 Å². The average Bonchev–Trinajstić information content (AvgIpc) is 3.36. The number of para-hydroxylation sites is 1. The molecule has 0 radical (unpaired) electrons. The molecule has 1 aliphatic heterocycles. The summed E-state index contributed by atoms with van der Waals surface area (Å²) in [6.45, 7) is 2.49. The SMILES string of the molecule is Cc1[nH]nc2c1[C@@H](c1ccc(Cl)cc1Cl)N(CCc1c[nH]c3ccccc13)C2=O. The molecular formula is C22H18Cl2N4O. The standard InChI is InChI=1S/C22H18Cl2N4O/c1-12-19-20(27-26-12)22(29)28(21(19)16-7-6-14(23)10-17(16)24)9-8-13-11-25-18-5-3-2-4-15(13)18/h2-7,10-11,21,25H,8-9H2,1H3,(H,26,27)/t21-/m1/s1. The van der Waals surface area contributed by atoms with Crippen LogP contribution in [0.2, 0.25) is 10.0 Å². The highest BCUT2D eigenvalue weighted by molar-refractivity contribution is 6.35. The summed E-state index contributed by atoms with van der Waals surface area (Å²) in [6.07, 6.45) is 2.74. The summed E-state index contributed by atoms with van der Waals surface area (Å²) in [4.78, 5) is 18.3. The smallest absolute Gasteiger partial charge is 0.275 e. The number of fused-ring (bicyclic) bond motifs is 2. The van der Waals surface area contributed by atoms with Crippen LogP contribution in [0.1, 0.15) is 38.9 Å². The van der Waals surface area contributed by atoms with Crippen molar-refractivity contribution in [3.63, 3.8) is 0 Å². The molecule has 4 aromatic rings. The minimum Gasteiger partial charge on any atom is -0.361 e. The highest BCUT2D eigenvalue weighted by Gasteiger charge is 2.42. The molecule has 0 saturated heterocycles. The van der Waals surface area contributed by atoms with Crippen molar-refractivity contribution < 1.29 is 4.79 Å². The van der Waals surface area contributed by atoms with E-state index in [1.165, 1.54) is 10.9 Å². The Labute approximate surface area is 177 Å². The molecule has 0 saturated carbocycles. The largest absolute Gasteiger partial charge is 0.361 e. The third-order valence-corrected chi connectivity index (χ3v) is 6.16. The third kappa shape index (κ3) is 2.93. The van der Waals surface area contributed by atoms with Crippen LogP contribution in [-0.2, 0) is 6.42 Å². The number of nitrogens with zero attached hydrogens (tertiary/aromatic N) is 2. The van der Waals surface area contributed by atoms with Crippen LogP contribution < -0.4 is 0 Å². The molecule has 2 aromatic heterocycles. The summed E-state index contributed by atoms with van der Waals surface area (Å²) in [5, 5.41) is 9.48. The van der Waals surface area contributed by atoms with Gasteiger partial charge in [0.25, 0.3) is 5.91 Å². The predicted molar refractivity (Wildman–Crippen MR) is 115 cm³/mol. The summed E-state index contributed by atoms with van der Waals surface area (Å²) in [7, 11) is 0. The molecule has 0 fully saturated rings. The topological polar surface area (TPSA) is 64.8 Å². The number of benzene rings is 2. The number of halogens is 2. The molecule has 3 heterocycles. The Hall–Kier alpha value is -2.76. The number of nitrogens with one attached hydrogen (secondary N) is 2. The lowest BCUT2D eigenvalue weighted by Crippen LogP contribution is -2.31. The molecule has 2 aromatic carbocycles. The monoisotopic (exact) mass is 424 g/mol. The van der Waals surface area contributed by atoms with Gasteiger partial charge in [0.05, 0.1) is 6.04 Å². The Kier molecular flexibility index (Phi) is 4.37. The minimum atomic E-state index is -0.286. The Morgan fingerprint density at radius 2 is 2.00 bits per heavy atom. The van der Waals surface area contributed by atoms with E-state index in [0.717, 1.165) is 28.8 Å². The Balaban J connectivity index is 1.53. The van der Waals surface area contributed by atoms with Gasteiger partial charge in [0.15, 0.2) is 5.69 Å². The van der Waals surface area contributed by atoms with Gasteiger partial charge in [-0.15, -0.1) is 0 Å². The number of aryl methyl sites for hydroxylation is 1. The van der Waals surface area contributed by atoms with Crippen LogP contribution in [0, 0.1) is 6.92 Å². The maximum absolute atomic E-state index is 13.2. The van der Waals surface area contributed by atoms with Crippen LogP contribution in [0.25, 0.3) is 10.9 Å². The number of rotatable bonds is 4. The van der Waals surface area contributed by atoms with Gasteiger partial charge in [-0.1, -0.05) is 47.5 Å². The lowest BCUT2D eigenvalue weighted by Gasteiger charge is -2.27. The third-order valence-electron chi connectivity index (χ3n) is 5.60. The van der Waals surface area contributed by atoms with Crippen LogP contribution in [0.15, 0.2) is 48.7 Å². The van der Waals surface area contributed by atoms with E-state index in [1.807, 2.05) is 36.2 Å². The molecule has 2 N–H and O–H groups in total. The zero-order chi connectivity index (χ0) is 20.1. The molecule has 146 valence electrons. The highest BCUT2D eigenvalue weighted by Crippen LogP contribution is 2.42. The molecule has 0 unspecified atom stereocenters. The van der Waals surface area contributed by atoms with Crippen LogP contribution in [0.3, 0.4) is 0 Å². The van der Waals surface area contributed by atoms with Gasteiger partial charge in [-0.3, -0.25) is 9.89 Å². The first-order chi connectivity index (χ1) is 14.0. The molecule has 1 atom stereocenters. The van der Waals surface area contributed by atoms with Crippen molar-refractivity contribution in [3.8, 4) is 0 Å². The lowest BCUT2D eigenvalue weighted by molar-refractivity contribution is 0.0745. The molecule has 1 aliphatic rings. The van der Waals surface area contributed by atoms with Crippen LogP contribution in [0.4, 0.5) is 0 Å². The van der Waals surface area contributed by atoms with Crippen molar-refractivity contribution in [2.24, 2.45) is 0 Å². The van der Waals surface area contributed by atoms with Gasteiger partial charge in [-0.05, 0) is 42.7 Å². The summed E-state index contributed by atoms with van der Waals surface area (Å²) in [5.74, 6) is -0.0831. The fourth-order valence-corrected chi connectivity index (χ4v) is 4.71. The fraction of sp³-hybridized carbons (Fsp3) is 0.182. The number of H-pyrrole nitrogens is 2.